The van der Waals surface area contributed by atoms with E-state index in [2.05, 4.69) is 51.4 Å². The number of hydrogen-bond donors (Lipinski definition) is 1. The van der Waals surface area contributed by atoms with Crippen molar-refractivity contribution in [3.63, 3.8) is 0 Å². The van der Waals surface area contributed by atoms with Crippen molar-refractivity contribution in [2.75, 3.05) is 6.54 Å². The molecule has 0 saturated heterocycles. The molecule has 2 rings (SSSR count). The van der Waals surface area contributed by atoms with Crippen molar-refractivity contribution in [1.29, 1.82) is 0 Å². The van der Waals surface area contributed by atoms with Gasteiger partial charge < -0.3 is 9.88 Å². The van der Waals surface area contributed by atoms with E-state index < -0.39 is 0 Å². The number of nitrogens with zero attached hydrogens (tertiary/aromatic N) is 2. The standard InChI is InChI=1S/C13H16BrN3/c1-2-5-15-9-11-8-12(14)3-4-13(11)17-7-6-16-10-17/h3-4,6-8,10,15H,2,5,9H2,1H3. The van der Waals surface area contributed by atoms with E-state index in [9.17, 15) is 0 Å². The van der Waals surface area contributed by atoms with Gasteiger partial charge in [-0.05, 0) is 36.7 Å². The van der Waals surface area contributed by atoms with E-state index in [1.54, 1.807) is 6.20 Å². The van der Waals surface area contributed by atoms with Crippen LogP contribution in [0, 0.1) is 0 Å². The first kappa shape index (κ1) is 12.3. The summed E-state index contributed by atoms with van der Waals surface area (Å²) in [6.45, 7) is 4.08. The van der Waals surface area contributed by atoms with Gasteiger partial charge >= 0.3 is 0 Å². The molecular weight excluding hydrogens is 278 g/mol. The molecule has 0 amide bonds. The van der Waals surface area contributed by atoms with Gasteiger partial charge in [0, 0.05) is 23.4 Å². The maximum Gasteiger partial charge on any atom is 0.0991 e. The van der Waals surface area contributed by atoms with Crippen LogP contribution in [0.1, 0.15) is 18.9 Å². The van der Waals surface area contributed by atoms with Gasteiger partial charge in [-0.15, -0.1) is 0 Å². The molecule has 17 heavy (non-hydrogen) atoms. The first-order valence-corrected chi connectivity index (χ1v) is 6.58. The lowest BCUT2D eigenvalue weighted by Gasteiger charge is -2.11. The third-order valence-corrected chi connectivity index (χ3v) is 3.06. The molecule has 0 aliphatic carbocycles. The highest BCUT2D eigenvalue weighted by atomic mass is 79.9. The molecule has 0 fully saturated rings. The lowest BCUT2D eigenvalue weighted by Crippen LogP contribution is -2.15. The zero-order valence-electron chi connectivity index (χ0n) is 9.86. The maximum atomic E-state index is 4.09. The Morgan fingerprint density at radius 2 is 2.29 bits per heavy atom. The molecule has 90 valence electrons. The zero-order chi connectivity index (χ0) is 12.1. The van der Waals surface area contributed by atoms with Gasteiger partial charge in [0.05, 0.1) is 12.0 Å². The minimum absolute atomic E-state index is 0.876. The average Bonchev–Trinajstić information content (AvgIpc) is 2.83. The molecule has 3 nitrogen and oxygen atoms in total. The molecule has 1 aromatic carbocycles. The summed E-state index contributed by atoms with van der Waals surface area (Å²) in [6, 6.07) is 6.31. The highest BCUT2D eigenvalue weighted by Gasteiger charge is 2.04. The molecule has 1 aromatic heterocycles. The second kappa shape index (κ2) is 5.98. The summed E-state index contributed by atoms with van der Waals surface area (Å²) < 4.78 is 3.14. The molecule has 0 unspecified atom stereocenters. The summed E-state index contributed by atoms with van der Waals surface area (Å²) in [7, 11) is 0. The predicted octanol–water partition coefficient (Wildman–Crippen LogP) is 3.13. The van der Waals surface area contributed by atoms with Crippen LogP contribution in [-0.4, -0.2) is 16.1 Å². The van der Waals surface area contributed by atoms with E-state index in [1.807, 2.05) is 17.1 Å². The van der Waals surface area contributed by atoms with Gasteiger partial charge in [0.25, 0.3) is 0 Å². The fraction of sp³-hybridized carbons (Fsp3) is 0.308. The van der Waals surface area contributed by atoms with E-state index in [-0.39, 0.29) is 0 Å². The quantitative estimate of drug-likeness (QED) is 0.859. The van der Waals surface area contributed by atoms with Crippen molar-refractivity contribution < 1.29 is 0 Å². The van der Waals surface area contributed by atoms with Gasteiger partial charge in [0.2, 0.25) is 0 Å². The Labute approximate surface area is 110 Å². The summed E-state index contributed by atoms with van der Waals surface area (Å²) in [4.78, 5) is 4.09. The second-order valence-electron chi connectivity index (χ2n) is 3.92. The fourth-order valence-electron chi connectivity index (χ4n) is 1.75. The highest BCUT2D eigenvalue weighted by molar-refractivity contribution is 9.10. The van der Waals surface area contributed by atoms with Gasteiger partial charge in [0.15, 0.2) is 0 Å². The van der Waals surface area contributed by atoms with Crippen molar-refractivity contribution in [2.45, 2.75) is 19.9 Å². The van der Waals surface area contributed by atoms with Crippen LogP contribution in [0.25, 0.3) is 5.69 Å². The monoisotopic (exact) mass is 293 g/mol. The summed E-state index contributed by atoms with van der Waals surface area (Å²) >= 11 is 3.52. The van der Waals surface area contributed by atoms with Crippen LogP contribution >= 0.6 is 15.9 Å². The normalized spacial score (nSPS) is 10.7. The Kier molecular flexibility index (Phi) is 4.34. The minimum atomic E-state index is 0.876. The van der Waals surface area contributed by atoms with Crippen LogP contribution in [0.3, 0.4) is 0 Å². The molecule has 1 heterocycles. The third-order valence-electron chi connectivity index (χ3n) is 2.57. The van der Waals surface area contributed by atoms with Crippen LogP contribution in [0.15, 0.2) is 41.4 Å². The van der Waals surface area contributed by atoms with Crippen molar-refractivity contribution in [2.24, 2.45) is 0 Å². The third kappa shape index (κ3) is 3.17. The Morgan fingerprint density at radius 1 is 1.41 bits per heavy atom. The number of imidazole rings is 1. The lowest BCUT2D eigenvalue weighted by atomic mass is 10.1. The molecule has 0 aliphatic rings. The Morgan fingerprint density at radius 3 is 3.00 bits per heavy atom. The number of nitrogens with one attached hydrogen (secondary N) is 1. The summed E-state index contributed by atoms with van der Waals surface area (Å²) in [5.41, 5.74) is 2.44. The van der Waals surface area contributed by atoms with Gasteiger partial charge in [-0.3, -0.25) is 0 Å². The molecule has 0 atom stereocenters. The van der Waals surface area contributed by atoms with Gasteiger partial charge in [-0.2, -0.15) is 0 Å². The number of rotatable bonds is 5. The fourth-order valence-corrected chi connectivity index (χ4v) is 2.16. The van der Waals surface area contributed by atoms with E-state index in [4.69, 9.17) is 0 Å². The topological polar surface area (TPSA) is 29.9 Å². The largest absolute Gasteiger partial charge is 0.313 e. The van der Waals surface area contributed by atoms with Crippen LogP contribution in [0.4, 0.5) is 0 Å². The Bertz CT molecular complexity index is 466. The van der Waals surface area contributed by atoms with Crippen LogP contribution < -0.4 is 5.32 Å². The number of aromatic nitrogens is 2. The second-order valence-corrected chi connectivity index (χ2v) is 4.84. The minimum Gasteiger partial charge on any atom is -0.313 e. The van der Waals surface area contributed by atoms with Crippen molar-refractivity contribution in [3.8, 4) is 5.69 Å². The number of benzene rings is 1. The molecule has 0 aliphatic heterocycles. The molecule has 4 heteroatoms. The number of hydrogen-bond acceptors (Lipinski definition) is 2. The van der Waals surface area contributed by atoms with E-state index in [0.717, 1.165) is 24.0 Å². The van der Waals surface area contributed by atoms with Crippen molar-refractivity contribution in [3.05, 3.63) is 47.0 Å². The molecule has 0 radical (unpaired) electrons. The van der Waals surface area contributed by atoms with Crippen molar-refractivity contribution in [1.82, 2.24) is 14.9 Å². The van der Waals surface area contributed by atoms with Gasteiger partial charge in [0.1, 0.15) is 0 Å². The van der Waals surface area contributed by atoms with E-state index in [0.29, 0.717) is 0 Å². The summed E-state index contributed by atoms with van der Waals surface area (Å²) in [5, 5.41) is 3.43. The Hall–Kier alpha value is -1.13. The molecule has 2 aromatic rings. The van der Waals surface area contributed by atoms with E-state index >= 15 is 0 Å². The van der Waals surface area contributed by atoms with Gasteiger partial charge in [-0.25, -0.2) is 4.98 Å². The maximum absolute atomic E-state index is 4.09. The Balaban J connectivity index is 2.25. The summed E-state index contributed by atoms with van der Waals surface area (Å²) in [5.74, 6) is 0. The van der Waals surface area contributed by atoms with Gasteiger partial charge in [-0.1, -0.05) is 22.9 Å². The predicted molar refractivity (Wildman–Crippen MR) is 73.3 cm³/mol. The summed E-state index contributed by atoms with van der Waals surface area (Å²) in [6.07, 6.45) is 6.73. The first-order chi connectivity index (χ1) is 8.31. The smallest absolute Gasteiger partial charge is 0.0991 e. The average molecular weight is 294 g/mol. The van der Waals surface area contributed by atoms with Crippen LogP contribution in [0.2, 0.25) is 0 Å². The lowest BCUT2D eigenvalue weighted by molar-refractivity contribution is 0.672. The molecule has 0 saturated carbocycles. The molecule has 0 bridgehead atoms. The first-order valence-electron chi connectivity index (χ1n) is 5.78. The molecule has 0 spiro atoms. The van der Waals surface area contributed by atoms with Crippen LogP contribution in [-0.2, 0) is 6.54 Å². The van der Waals surface area contributed by atoms with Crippen molar-refractivity contribution >= 4 is 15.9 Å². The molecule has 1 N–H and O–H groups in total. The number of halogens is 1. The van der Waals surface area contributed by atoms with Crippen LogP contribution in [0.5, 0.6) is 0 Å². The highest BCUT2D eigenvalue weighted by Crippen LogP contribution is 2.20. The zero-order valence-corrected chi connectivity index (χ0v) is 11.4. The van der Waals surface area contributed by atoms with E-state index in [1.165, 1.54) is 11.3 Å². The SMILES string of the molecule is CCCNCc1cc(Br)ccc1-n1ccnc1. The molecular formula is C13H16BrN3.